The molecule has 0 saturated carbocycles. The van der Waals surface area contributed by atoms with Crippen LogP contribution in [0.15, 0.2) is 23.8 Å². The summed E-state index contributed by atoms with van der Waals surface area (Å²) in [5.74, 6) is 0.674. The van der Waals surface area contributed by atoms with Gasteiger partial charge in [-0.1, -0.05) is 26.5 Å². The lowest BCUT2D eigenvalue weighted by Gasteiger charge is -2.05. The second kappa shape index (κ2) is 3.04. The quantitative estimate of drug-likeness (QED) is 0.591. The van der Waals surface area contributed by atoms with Gasteiger partial charge in [-0.15, -0.1) is 0 Å². The summed E-state index contributed by atoms with van der Waals surface area (Å²) >= 11 is 0. The van der Waals surface area contributed by atoms with Gasteiger partial charge in [-0.05, 0) is 17.9 Å². The highest BCUT2D eigenvalue weighted by Crippen LogP contribution is 2.28. The average molecular weight is 150 g/mol. The van der Waals surface area contributed by atoms with Crippen LogP contribution in [-0.4, -0.2) is 5.78 Å². The topological polar surface area (TPSA) is 17.1 Å². The Morgan fingerprint density at radius 3 is 2.45 bits per heavy atom. The molecule has 1 aliphatic rings. The highest BCUT2D eigenvalue weighted by Gasteiger charge is 2.22. The van der Waals surface area contributed by atoms with E-state index in [0.29, 0.717) is 18.1 Å². The van der Waals surface area contributed by atoms with Gasteiger partial charge in [0.15, 0.2) is 5.78 Å². The van der Waals surface area contributed by atoms with Gasteiger partial charge < -0.3 is 0 Å². The summed E-state index contributed by atoms with van der Waals surface area (Å²) in [6, 6.07) is 0. The van der Waals surface area contributed by atoms with Crippen LogP contribution in [0.25, 0.3) is 0 Å². The Kier molecular flexibility index (Phi) is 2.28. The molecule has 0 bridgehead atoms. The van der Waals surface area contributed by atoms with Crippen LogP contribution in [0.5, 0.6) is 0 Å². The summed E-state index contributed by atoms with van der Waals surface area (Å²) in [5, 5.41) is 0. The summed E-state index contributed by atoms with van der Waals surface area (Å²) in [4.78, 5) is 11.3. The zero-order valence-corrected chi connectivity index (χ0v) is 7.18. The van der Waals surface area contributed by atoms with Gasteiger partial charge in [0.25, 0.3) is 0 Å². The van der Waals surface area contributed by atoms with Crippen molar-refractivity contribution in [2.45, 2.75) is 26.7 Å². The predicted molar refractivity (Wildman–Crippen MR) is 46.3 cm³/mol. The van der Waals surface area contributed by atoms with Gasteiger partial charge in [0.2, 0.25) is 0 Å². The van der Waals surface area contributed by atoms with E-state index in [9.17, 15) is 4.79 Å². The first kappa shape index (κ1) is 8.25. The zero-order chi connectivity index (χ0) is 8.43. The molecule has 0 heterocycles. The van der Waals surface area contributed by atoms with Crippen molar-refractivity contribution >= 4 is 5.78 Å². The molecule has 0 radical (unpaired) electrons. The molecule has 1 rings (SSSR count). The number of carbonyl (C=O) groups excluding carboxylic acids is 1. The fourth-order valence-electron chi connectivity index (χ4n) is 1.60. The van der Waals surface area contributed by atoms with E-state index in [-0.39, 0.29) is 0 Å². The van der Waals surface area contributed by atoms with Gasteiger partial charge >= 0.3 is 0 Å². The smallest absolute Gasteiger partial charge is 0.159 e. The van der Waals surface area contributed by atoms with Gasteiger partial charge in [-0.25, -0.2) is 0 Å². The Balaban J connectivity index is 2.99. The lowest BCUT2D eigenvalue weighted by molar-refractivity contribution is -0.115. The molecule has 0 spiro atoms. The molecule has 0 aromatic heterocycles. The van der Waals surface area contributed by atoms with Gasteiger partial charge in [-0.2, -0.15) is 0 Å². The third kappa shape index (κ3) is 1.42. The third-order valence-corrected chi connectivity index (χ3v) is 2.09. The lowest BCUT2D eigenvalue weighted by atomic mass is 9.99. The number of allylic oxidation sites excluding steroid dienone is 3. The highest BCUT2D eigenvalue weighted by atomic mass is 16.1. The summed E-state index contributed by atoms with van der Waals surface area (Å²) in [5.41, 5.74) is 2.16. The predicted octanol–water partition coefficient (Wildman–Crippen LogP) is 2.49. The first-order valence-corrected chi connectivity index (χ1v) is 4.05. The molecule has 0 N–H and O–H groups in total. The molecule has 0 amide bonds. The molecule has 0 atom stereocenters. The molecule has 0 aromatic rings. The van der Waals surface area contributed by atoms with Crippen LogP contribution in [0.2, 0.25) is 0 Å². The van der Waals surface area contributed by atoms with Crippen molar-refractivity contribution in [1.29, 1.82) is 0 Å². The molecule has 1 nitrogen and oxygen atoms in total. The minimum Gasteiger partial charge on any atom is -0.295 e. The Morgan fingerprint density at radius 1 is 1.45 bits per heavy atom. The van der Waals surface area contributed by atoms with Crippen molar-refractivity contribution in [1.82, 2.24) is 0 Å². The number of rotatable bonds is 2. The number of ketones is 1. The molecule has 0 aliphatic heterocycles. The Hall–Kier alpha value is -0.850. The molecule has 0 unspecified atom stereocenters. The molecule has 0 fully saturated rings. The van der Waals surface area contributed by atoms with E-state index in [1.54, 1.807) is 0 Å². The fraction of sp³-hybridized carbons (Fsp3) is 0.500. The fourth-order valence-corrected chi connectivity index (χ4v) is 1.60. The number of Topliss-reactive ketones (excluding diaryl/α,β-unsaturated/α-hetero) is 1. The monoisotopic (exact) mass is 150 g/mol. The maximum Gasteiger partial charge on any atom is 0.159 e. The van der Waals surface area contributed by atoms with Crippen molar-refractivity contribution in [3.8, 4) is 0 Å². The van der Waals surface area contributed by atoms with Crippen LogP contribution in [0.4, 0.5) is 0 Å². The minimum absolute atomic E-state index is 0.315. The molecule has 0 aromatic carbocycles. The third-order valence-electron chi connectivity index (χ3n) is 2.09. The van der Waals surface area contributed by atoms with Gasteiger partial charge in [0, 0.05) is 12.0 Å². The van der Waals surface area contributed by atoms with Crippen molar-refractivity contribution in [2.24, 2.45) is 5.92 Å². The van der Waals surface area contributed by atoms with Gasteiger partial charge in [0.05, 0.1) is 0 Å². The molecule has 0 saturated heterocycles. The molecule has 1 heteroatoms. The maximum atomic E-state index is 11.3. The van der Waals surface area contributed by atoms with Crippen molar-refractivity contribution in [2.75, 3.05) is 0 Å². The van der Waals surface area contributed by atoms with Crippen LogP contribution in [0.3, 0.4) is 0 Å². The van der Waals surface area contributed by atoms with E-state index in [1.807, 2.05) is 6.08 Å². The Bertz CT molecular complexity index is 221. The van der Waals surface area contributed by atoms with E-state index >= 15 is 0 Å². The maximum absolute atomic E-state index is 11.3. The minimum atomic E-state index is 0.315. The van der Waals surface area contributed by atoms with Crippen molar-refractivity contribution < 1.29 is 4.79 Å². The first-order chi connectivity index (χ1) is 5.16. The van der Waals surface area contributed by atoms with E-state index < -0.39 is 0 Å². The molecule has 60 valence electrons. The number of hydrogen-bond donors (Lipinski definition) is 0. The van der Waals surface area contributed by atoms with Gasteiger partial charge in [-0.3, -0.25) is 4.79 Å². The largest absolute Gasteiger partial charge is 0.295 e. The Morgan fingerprint density at radius 2 is 2.09 bits per heavy atom. The molecular weight excluding hydrogens is 136 g/mol. The summed E-state index contributed by atoms with van der Waals surface area (Å²) < 4.78 is 0. The average Bonchev–Trinajstić information content (AvgIpc) is 2.30. The van der Waals surface area contributed by atoms with Crippen LogP contribution >= 0.6 is 0 Å². The second-order valence-corrected chi connectivity index (χ2v) is 3.22. The lowest BCUT2D eigenvalue weighted by Crippen LogP contribution is -2.03. The highest BCUT2D eigenvalue weighted by molar-refractivity contribution is 5.99. The van der Waals surface area contributed by atoms with E-state index in [4.69, 9.17) is 0 Å². The summed E-state index contributed by atoms with van der Waals surface area (Å²) in [6.07, 6.45) is 3.41. The van der Waals surface area contributed by atoms with E-state index in [0.717, 1.165) is 17.6 Å². The summed E-state index contributed by atoms with van der Waals surface area (Å²) in [6.45, 7) is 7.81. The normalized spacial score (nSPS) is 18.3. The first-order valence-electron chi connectivity index (χ1n) is 4.05. The van der Waals surface area contributed by atoms with E-state index in [1.165, 1.54) is 0 Å². The van der Waals surface area contributed by atoms with Crippen LogP contribution in [0, 0.1) is 5.92 Å². The van der Waals surface area contributed by atoms with Crippen LogP contribution < -0.4 is 0 Å². The van der Waals surface area contributed by atoms with E-state index in [2.05, 4.69) is 20.4 Å². The SMILES string of the molecule is C=CC1=C(C(C)C)C(=O)CC1. The van der Waals surface area contributed by atoms with Crippen molar-refractivity contribution in [3.63, 3.8) is 0 Å². The Labute approximate surface area is 67.8 Å². The van der Waals surface area contributed by atoms with Crippen LogP contribution in [-0.2, 0) is 4.79 Å². The molecule has 11 heavy (non-hydrogen) atoms. The second-order valence-electron chi connectivity index (χ2n) is 3.22. The number of carbonyl (C=O) groups is 1. The van der Waals surface area contributed by atoms with Gasteiger partial charge in [0.1, 0.15) is 0 Å². The molecule has 1 aliphatic carbocycles. The zero-order valence-electron chi connectivity index (χ0n) is 7.18. The number of hydrogen-bond acceptors (Lipinski definition) is 1. The van der Waals surface area contributed by atoms with Crippen LogP contribution in [0.1, 0.15) is 26.7 Å². The molecular formula is C10H14O. The summed E-state index contributed by atoms with van der Waals surface area (Å²) in [7, 11) is 0. The standard InChI is InChI=1S/C10H14O/c1-4-8-5-6-9(11)10(8)7(2)3/h4,7H,1,5-6H2,2-3H3. The van der Waals surface area contributed by atoms with Crippen molar-refractivity contribution in [3.05, 3.63) is 23.8 Å².